The van der Waals surface area contributed by atoms with E-state index in [0.717, 1.165) is 18.5 Å². The first-order valence-electron chi connectivity index (χ1n) is 7.96. The molecule has 126 valence electrons. The second-order valence-electron chi connectivity index (χ2n) is 5.91. The van der Waals surface area contributed by atoms with Crippen LogP contribution < -0.4 is 9.47 Å². The highest BCUT2D eigenvalue weighted by atomic mass is 32.2. The topological polar surface area (TPSA) is 68.7 Å². The summed E-state index contributed by atoms with van der Waals surface area (Å²) in [5.74, 6) is 1.07. The third-order valence-electron chi connectivity index (χ3n) is 4.12. The van der Waals surface area contributed by atoms with Gasteiger partial charge in [-0.2, -0.15) is 4.31 Å². The Morgan fingerprint density at radius 1 is 1.08 bits per heavy atom. The fraction of sp³-hybridized carbons (Fsp3) is 0.353. The van der Waals surface area contributed by atoms with Gasteiger partial charge in [0.2, 0.25) is 10.0 Å². The summed E-state index contributed by atoms with van der Waals surface area (Å²) >= 11 is 0. The monoisotopic (exact) mass is 346 g/mol. The Kier molecular flexibility index (Phi) is 3.90. The molecule has 2 aromatic rings. The molecule has 0 unspecified atom stereocenters. The molecule has 0 radical (unpaired) electrons. The molecule has 6 nitrogen and oxygen atoms in total. The molecule has 0 atom stereocenters. The van der Waals surface area contributed by atoms with Crippen molar-refractivity contribution in [1.82, 2.24) is 9.29 Å². The average Bonchev–Trinajstić information content (AvgIpc) is 3.45. The van der Waals surface area contributed by atoms with Crippen molar-refractivity contribution in [3.63, 3.8) is 0 Å². The molecule has 1 aromatic carbocycles. The van der Waals surface area contributed by atoms with Gasteiger partial charge in [0, 0.05) is 18.3 Å². The number of ether oxygens (including phenoxy) is 2. The van der Waals surface area contributed by atoms with Crippen LogP contribution in [0.5, 0.6) is 11.5 Å². The molecule has 0 amide bonds. The van der Waals surface area contributed by atoms with Crippen LogP contribution in [0.1, 0.15) is 18.5 Å². The Bertz CT molecular complexity index is 835. The Balaban J connectivity index is 1.66. The van der Waals surface area contributed by atoms with E-state index in [0.29, 0.717) is 24.7 Å². The summed E-state index contributed by atoms with van der Waals surface area (Å²) in [7, 11) is -3.61. The van der Waals surface area contributed by atoms with Gasteiger partial charge < -0.3 is 9.47 Å². The third kappa shape index (κ3) is 2.97. The van der Waals surface area contributed by atoms with Gasteiger partial charge >= 0.3 is 0 Å². The lowest BCUT2D eigenvalue weighted by Gasteiger charge is -2.23. The van der Waals surface area contributed by atoms with Crippen LogP contribution in [-0.2, 0) is 16.6 Å². The number of benzene rings is 1. The highest BCUT2D eigenvalue weighted by Crippen LogP contribution is 2.37. The van der Waals surface area contributed by atoms with Gasteiger partial charge in [-0.3, -0.25) is 4.98 Å². The first-order chi connectivity index (χ1) is 11.6. The van der Waals surface area contributed by atoms with Gasteiger partial charge in [0.1, 0.15) is 13.2 Å². The van der Waals surface area contributed by atoms with Crippen molar-refractivity contribution in [2.24, 2.45) is 0 Å². The number of sulfonamides is 1. The van der Waals surface area contributed by atoms with Crippen molar-refractivity contribution in [1.29, 1.82) is 0 Å². The van der Waals surface area contributed by atoms with E-state index in [1.54, 1.807) is 28.7 Å². The van der Waals surface area contributed by atoms with Crippen molar-refractivity contribution < 1.29 is 17.9 Å². The highest BCUT2D eigenvalue weighted by molar-refractivity contribution is 7.89. The molecule has 2 aliphatic rings. The molecule has 0 N–H and O–H groups in total. The minimum atomic E-state index is -3.61. The quantitative estimate of drug-likeness (QED) is 0.830. The van der Waals surface area contributed by atoms with E-state index in [9.17, 15) is 8.42 Å². The second-order valence-corrected chi connectivity index (χ2v) is 7.80. The summed E-state index contributed by atoms with van der Waals surface area (Å²) in [5, 5.41) is 0. The van der Waals surface area contributed by atoms with Gasteiger partial charge in [0.05, 0.1) is 17.1 Å². The summed E-state index contributed by atoms with van der Waals surface area (Å²) in [5.41, 5.74) is 0.741. The van der Waals surface area contributed by atoms with Gasteiger partial charge in [-0.25, -0.2) is 8.42 Å². The fourth-order valence-corrected chi connectivity index (χ4v) is 4.42. The van der Waals surface area contributed by atoms with Crippen LogP contribution >= 0.6 is 0 Å². The first kappa shape index (κ1) is 15.4. The zero-order valence-electron chi connectivity index (χ0n) is 13.1. The van der Waals surface area contributed by atoms with Crippen LogP contribution in [0.15, 0.2) is 47.5 Å². The average molecular weight is 346 g/mol. The molecule has 0 saturated heterocycles. The standard InChI is InChI=1S/C17H18N2O4S/c20-24(21,15-6-7-16-17(11-15)23-10-9-22-16)19(14-4-5-14)12-13-3-1-2-8-18-13/h1-3,6-8,11,14H,4-5,9-10,12H2. The molecule has 1 fully saturated rings. The number of pyridine rings is 1. The van der Waals surface area contributed by atoms with Crippen LogP contribution in [0.3, 0.4) is 0 Å². The number of fused-ring (bicyclic) bond motifs is 1. The molecule has 2 heterocycles. The van der Waals surface area contributed by atoms with Gasteiger partial charge in [-0.05, 0) is 37.1 Å². The van der Waals surface area contributed by atoms with E-state index in [2.05, 4.69) is 4.98 Å². The van der Waals surface area contributed by atoms with Crippen molar-refractivity contribution in [2.45, 2.75) is 30.3 Å². The Hall–Kier alpha value is -2.12. The van der Waals surface area contributed by atoms with Crippen LogP contribution in [0.25, 0.3) is 0 Å². The van der Waals surface area contributed by atoms with Crippen molar-refractivity contribution in [2.75, 3.05) is 13.2 Å². The molecule has 24 heavy (non-hydrogen) atoms. The Morgan fingerprint density at radius 2 is 1.88 bits per heavy atom. The predicted molar refractivity (Wildman–Crippen MR) is 87.4 cm³/mol. The van der Waals surface area contributed by atoms with E-state index >= 15 is 0 Å². The summed E-state index contributed by atoms with van der Waals surface area (Å²) in [6.45, 7) is 1.19. The lowest BCUT2D eigenvalue weighted by atomic mass is 10.3. The summed E-state index contributed by atoms with van der Waals surface area (Å²) < 4.78 is 38.7. The fourth-order valence-electron chi connectivity index (χ4n) is 2.74. The number of nitrogens with zero attached hydrogens (tertiary/aromatic N) is 2. The van der Waals surface area contributed by atoms with Crippen LogP contribution in [0.2, 0.25) is 0 Å². The van der Waals surface area contributed by atoms with E-state index in [1.807, 2.05) is 18.2 Å². The molecule has 4 rings (SSSR count). The molecular formula is C17H18N2O4S. The van der Waals surface area contributed by atoms with Crippen LogP contribution in [0.4, 0.5) is 0 Å². The van der Waals surface area contributed by atoms with Crippen LogP contribution in [-0.4, -0.2) is 37.0 Å². The molecule has 1 aliphatic heterocycles. The maximum absolute atomic E-state index is 13.1. The minimum Gasteiger partial charge on any atom is -0.486 e. The van der Waals surface area contributed by atoms with Gasteiger partial charge in [0.15, 0.2) is 11.5 Å². The van der Waals surface area contributed by atoms with Crippen molar-refractivity contribution in [3.8, 4) is 11.5 Å². The largest absolute Gasteiger partial charge is 0.486 e. The molecule has 1 aromatic heterocycles. The minimum absolute atomic E-state index is 0.0465. The third-order valence-corrected chi connectivity index (χ3v) is 6.01. The number of aromatic nitrogens is 1. The highest BCUT2D eigenvalue weighted by Gasteiger charge is 2.38. The second kappa shape index (κ2) is 6.07. The predicted octanol–water partition coefficient (Wildman–Crippen LogP) is 2.21. The Labute approximate surface area is 141 Å². The van der Waals surface area contributed by atoms with Gasteiger partial charge in [0.25, 0.3) is 0 Å². The van der Waals surface area contributed by atoms with Gasteiger partial charge in [-0.1, -0.05) is 6.07 Å². The molecule has 0 spiro atoms. The zero-order valence-corrected chi connectivity index (χ0v) is 13.9. The maximum atomic E-state index is 13.1. The van der Waals surface area contributed by atoms with E-state index in [-0.39, 0.29) is 17.5 Å². The first-order valence-corrected chi connectivity index (χ1v) is 9.40. The van der Waals surface area contributed by atoms with Crippen molar-refractivity contribution in [3.05, 3.63) is 48.3 Å². The summed E-state index contributed by atoms with van der Waals surface area (Å²) in [4.78, 5) is 4.49. The normalized spacial score (nSPS) is 17.0. The molecule has 0 bridgehead atoms. The zero-order chi connectivity index (χ0) is 16.6. The maximum Gasteiger partial charge on any atom is 0.243 e. The summed E-state index contributed by atoms with van der Waals surface area (Å²) in [6, 6.07) is 10.4. The molecular weight excluding hydrogens is 328 g/mol. The number of hydrogen-bond acceptors (Lipinski definition) is 5. The van der Waals surface area contributed by atoms with Crippen LogP contribution in [0, 0.1) is 0 Å². The van der Waals surface area contributed by atoms with E-state index in [4.69, 9.17) is 9.47 Å². The van der Waals surface area contributed by atoms with E-state index in [1.165, 1.54) is 0 Å². The lowest BCUT2D eigenvalue weighted by Crippen LogP contribution is -2.33. The number of rotatable bonds is 5. The van der Waals surface area contributed by atoms with Gasteiger partial charge in [-0.15, -0.1) is 0 Å². The smallest absolute Gasteiger partial charge is 0.243 e. The number of hydrogen-bond donors (Lipinski definition) is 0. The molecule has 1 aliphatic carbocycles. The molecule has 1 saturated carbocycles. The summed E-state index contributed by atoms with van der Waals surface area (Å²) in [6.07, 6.45) is 3.45. The van der Waals surface area contributed by atoms with E-state index < -0.39 is 10.0 Å². The SMILES string of the molecule is O=S(=O)(c1ccc2c(c1)OCCO2)N(Cc1ccccn1)C1CC1. The van der Waals surface area contributed by atoms with Crippen molar-refractivity contribution >= 4 is 10.0 Å². The lowest BCUT2D eigenvalue weighted by molar-refractivity contribution is 0.171. The molecule has 7 heteroatoms. The Morgan fingerprint density at radius 3 is 2.58 bits per heavy atom.